The van der Waals surface area contributed by atoms with E-state index < -0.39 is 0 Å². The van der Waals surface area contributed by atoms with E-state index in [-0.39, 0.29) is 26.8 Å². The second kappa shape index (κ2) is 11.7. The zero-order chi connectivity index (χ0) is 29.6. The average Bonchev–Trinajstić information content (AvgIpc) is 3.39. The number of rotatable bonds is 5. The van der Waals surface area contributed by atoms with Crippen LogP contribution in [-0.2, 0) is 21.1 Å². The second-order valence-corrected chi connectivity index (χ2v) is 10.8. The molecule has 0 radical (unpaired) electrons. The zero-order valence-electron chi connectivity index (χ0n) is 24.2. The molecule has 8 rings (SSSR count). The van der Waals surface area contributed by atoms with E-state index in [9.17, 15) is 5.11 Å². The SMILES string of the molecule is Cc1cccc(-n2c3[c-]c(Oc4nc5c(O)cc(-c6ccccc6)cc5cc4-c4ccccc4)ccc3c3ccccc32)n1.[Pt]. The Balaban J connectivity index is 0.00000325. The van der Waals surface area contributed by atoms with Gasteiger partial charge in [-0.25, -0.2) is 9.97 Å². The Hall–Kier alpha value is -5.25. The molecule has 3 heterocycles. The van der Waals surface area contributed by atoms with Gasteiger partial charge in [-0.05, 0) is 65.4 Å². The number of aryl methyl sites for hydroxylation is 1. The molecule has 0 saturated heterocycles. The summed E-state index contributed by atoms with van der Waals surface area (Å²) in [4.78, 5) is 9.70. The van der Waals surface area contributed by atoms with Gasteiger partial charge < -0.3 is 14.4 Å². The topological polar surface area (TPSA) is 60.2 Å². The van der Waals surface area contributed by atoms with Gasteiger partial charge in [-0.3, -0.25) is 0 Å². The van der Waals surface area contributed by atoms with Crippen molar-refractivity contribution >= 4 is 32.7 Å². The van der Waals surface area contributed by atoms with Crippen LogP contribution in [0.2, 0.25) is 0 Å². The normalized spacial score (nSPS) is 11.1. The maximum absolute atomic E-state index is 11.1. The Morgan fingerprint density at radius 1 is 0.667 bits per heavy atom. The molecule has 45 heavy (non-hydrogen) atoms. The van der Waals surface area contributed by atoms with Crippen LogP contribution < -0.4 is 4.74 Å². The molecule has 8 aromatic rings. The zero-order valence-corrected chi connectivity index (χ0v) is 26.5. The first-order valence-corrected chi connectivity index (χ1v) is 14.5. The average molecular weight is 764 g/mol. The standard InChI is InChI=1S/C39H26N3O2.Pt/c1-25-11-10-18-37(40-25)42-34-17-9-8-16-31(34)32-20-19-30(24-35(32)42)44-39-33(27-14-6-3-7-15-27)22-29-21-28(23-36(43)38(29)41-39)26-12-4-2-5-13-26;/h2-23,43H,1H3;/q-1;. The molecule has 0 aliphatic carbocycles. The van der Waals surface area contributed by atoms with Crippen molar-refractivity contribution in [3.8, 4) is 45.5 Å². The van der Waals surface area contributed by atoms with Crippen molar-refractivity contribution in [2.24, 2.45) is 0 Å². The number of ether oxygens (including phenoxy) is 1. The third-order valence-electron chi connectivity index (χ3n) is 7.92. The number of aromatic nitrogens is 3. The predicted octanol–water partition coefficient (Wildman–Crippen LogP) is 9.66. The van der Waals surface area contributed by atoms with E-state index in [2.05, 4.69) is 34.9 Å². The molecule has 6 heteroatoms. The third kappa shape index (κ3) is 5.16. The Kier molecular flexibility index (Phi) is 7.40. The maximum Gasteiger partial charge on any atom is 0.225 e. The molecule has 1 N–H and O–H groups in total. The largest absolute Gasteiger partial charge is 0.506 e. The van der Waals surface area contributed by atoms with Crippen LogP contribution in [0.1, 0.15) is 5.69 Å². The first kappa shape index (κ1) is 28.5. The van der Waals surface area contributed by atoms with Crippen LogP contribution in [0.5, 0.6) is 17.4 Å². The summed E-state index contributed by atoms with van der Waals surface area (Å²) >= 11 is 0. The van der Waals surface area contributed by atoms with E-state index >= 15 is 0 Å². The van der Waals surface area contributed by atoms with Gasteiger partial charge in [-0.15, -0.1) is 17.5 Å². The molecule has 0 saturated carbocycles. The molecule has 3 aromatic heterocycles. The van der Waals surface area contributed by atoms with Crippen molar-refractivity contribution in [1.29, 1.82) is 0 Å². The fourth-order valence-corrected chi connectivity index (χ4v) is 5.88. The smallest absolute Gasteiger partial charge is 0.225 e. The minimum atomic E-state index is 0. The van der Waals surface area contributed by atoms with E-state index in [4.69, 9.17) is 14.7 Å². The molecule has 0 bridgehead atoms. The number of phenolic OH excluding ortho intramolecular Hbond substituents is 1. The molecule has 0 amide bonds. The van der Waals surface area contributed by atoms with Gasteiger partial charge in [0.25, 0.3) is 0 Å². The van der Waals surface area contributed by atoms with Crippen LogP contribution >= 0.6 is 0 Å². The van der Waals surface area contributed by atoms with Gasteiger partial charge in [0.2, 0.25) is 5.88 Å². The van der Waals surface area contributed by atoms with Crippen molar-refractivity contribution in [2.75, 3.05) is 0 Å². The maximum atomic E-state index is 11.1. The van der Waals surface area contributed by atoms with E-state index in [0.717, 1.165) is 61.0 Å². The monoisotopic (exact) mass is 763 g/mol. The first-order chi connectivity index (χ1) is 21.6. The number of hydrogen-bond acceptors (Lipinski definition) is 4. The number of pyridine rings is 2. The van der Waals surface area contributed by atoms with Crippen molar-refractivity contribution in [1.82, 2.24) is 14.5 Å². The second-order valence-electron chi connectivity index (χ2n) is 10.8. The molecule has 0 spiro atoms. The molecule has 0 unspecified atom stereocenters. The number of phenols is 1. The molecule has 5 nitrogen and oxygen atoms in total. The Morgan fingerprint density at radius 2 is 1.40 bits per heavy atom. The quantitative estimate of drug-likeness (QED) is 0.178. The number of benzene rings is 5. The molecule has 0 atom stereocenters. The Bertz CT molecular complexity index is 2330. The fourth-order valence-electron chi connectivity index (χ4n) is 5.88. The van der Waals surface area contributed by atoms with Crippen LogP contribution in [0.3, 0.4) is 0 Å². The van der Waals surface area contributed by atoms with Gasteiger partial charge in [0.15, 0.2) is 0 Å². The van der Waals surface area contributed by atoms with Gasteiger partial charge in [0, 0.05) is 49.0 Å². The summed E-state index contributed by atoms with van der Waals surface area (Å²) in [5.41, 5.74) is 7.02. The summed E-state index contributed by atoms with van der Waals surface area (Å²) in [6.45, 7) is 1.99. The van der Waals surface area contributed by atoms with Crippen LogP contribution in [0, 0.1) is 13.0 Å². The Morgan fingerprint density at radius 3 is 2.18 bits per heavy atom. The van der Waals surface area contributed by atoms with Crippen molar-refractivity contribution in [2.45, 2.75) is 6.92 Å². The summed E-state index contributed by atoms with van der Waals surface area (Å²) < 4.78 is 8.67. The number of nitrogens with zero attached hydrogens (tertiary/aromatic N) is 3. The predicted molar refractivity (Wildman–Crippen MR) is 177 cm³/mol. The number of aromatic hydroxyl groups is 1. The van der Waals surface area contributed by atoms with Gasteiger partial charge in [0.05, 0.1) is 0 Å². The minimum Gasteiger partial charge on any atom is -0.506 e. The third-order valence-corrected chi connectivity index (χ3v) is 7.92. The van der Waals surface area contributed by atoms with Gasteiger partial charge in [-0.2, -0.15) is 6.07 Å². The number of para-hydroxylation sites is 1. The fraction of sp³-hybridized carbons (Fsp3) is 0.0256. The van der Waals surface area contributed by atoms with Crippen molar-refractivity contribution < 1.29 is 30.9 Å². The summed E-state index contributed by atoms with van der Waals surface area (Å²) in [7, 11) is 0. The number of hydrogen-bond donors (Lipinski definition) is 1. The van der Waals surface area contributed by atoms with Crippen molar-refractivity contribution in [3.05, 3.63) is 145 Å². The molecule has 0 aliphatic rings. The first-order valence-electron chi connectivity index (χ1n) is 14.5. The van der Waals surface area contributed by atoms with Crippen LogP contribution in [0.25, 0.3) is 60.8 Å². The van der Waals surface area contributed by atoms with Gasteiger partial charge in [-0.1, -0.05) is 90.4 Å². The minimum absolute atomic E-state index is 0. The van der Waals surface area contributed by atoms with Gasteiger partial charge in [0.1, 0.15) is 17.1 Å². The Labute approximate surface area is 274 Å². The van der Waals surface area contributed by atoms with E-state index in [0.29, 0.717) is 17.1 Å². The van der Waals surface area contributed by atoms with E-state index in [1.165, 1.54) is 0 Å². The van der Waals surface area contributed by atoms with Crippen LogP contribution in [0.15, 0.2) is 133 Å². The van der Waals surface area contributed by atoms with Crippen LogP contribution in [-0.4, -0.2) is 19.6 Å². The van der Waals surface area contributed by atoms with E-state index in [1.807, 2.05) is 110 Å². The number of fused-ring (bicyclic) bond motifs is 4. The van der Waals surface area contributed by atoms with E-state index in [1.54, 1.807) is 6.07 Å². The summed E-state index contributed by atoms with van der Waals surface area (Å²) in [5.74, 6) is 1.81. The molecule has 0 fully saturated rings. The van der Waals surface area contributed by atoms with Crippen molar-refractivity contribution in [3.63, 3.8) is 0 Å². The molecular weight excluding hydrogens is 738 g/mol. The van der Waals surface area contributed by atoms with Gasteiger partial charge >= 0.3 is 0 Å². The molecule has 0 aliphatic heterocycles. The summed E-state index contributed by atoms with van der Waals surface area (Å²) in [5, 5.41) is 14.1. The summed E-state index contributed by atoms with van der Waals surface area (Å²) in [6.07, 6.45) is 0. The summed E-state index contributed by atoms with van der Waals surface area (Å²) in [6, 6.07) is 47.7. The van der Waals surface area contributed by atoms with Crippen LogP contribution in [0.4, 0.5) is 0 Å². The molecule has 5 aromatic carbocycles. The molecular formula is C39H26N3O2Pt-. The molecule has 220 valence electrons.